The molecule has 1 aliphatic heterocycles. The molecular weight excluding hydrogens is 166 g/mol. The lowest BCUT2D eigenvalue weighted by molar-refractivity contribution is 0.436. The van der Waals surface area contributed by atoms with Crippen LogP contribution in [0, 0.1) is 5.92 Å². The Bertz CT molecular complexity index is 138. The quantitative estimate of drug-likeness (QED) is 0.657. The van der Waals surface area contributed by atoms with Gasteiger partial charge in [-0.05, 0) is 44.1 Å². The van der Waals surface area contributed by atoms with Gasteiger partial charge < -0.3 is 10.1 Å². The van der Waals surface area contributed by atoms with E-state index in [-0.39, 0.29) is 0 Å². The summed E-state index contributed by atoms with van der Waals surface area (Å²) in [6.45, 7) is 8.61. The molecule has 72 valence electrons. The Morgan fingerprint density at radius 2 is 2.25 bits per heavy atom. The van der Waals surface area contributed by atoms with Gasteiger partial charge in [0.2, 0.25) is 0 Å². The van der Waals surface area contributed by atoms with Gasteiger partial charge in [-0.3, -0.25) is 0 Å². The van der Waals surface area contributed by atoms with Crippen LogP contribution in [0.1, 0.15) is 19.8 Å². The van der Waals surface area contributed by atoms with Crippen LogP contribution in [0.25, 0.3) is 0 Å². The van der Waals surface area contributed by atoms with Crippen molar-refractivity contribution in [3.63, 3.8) is 0 Å². The molecule has 12 heavy (non-hydrogen) atoms. The summed E-state index contributed by atoms with van der Waals surface area (Å²) < 4.78 is 0. The molecule has 2 N–H and O–H groups in total. The van der Waals surface area contributed by atoms with Crippen molar-refractivity contribution in [1.29, 1.82) is 0 Å². The van der Waals surface area contributed by atoms with Crippen LogP contribution in [0.4, 0.5) is 0 Å². The third-order valence-electron chi connectivity index (χ3n) is 3.01. The summed E-state index contributed by atoms with van der Waals surface area (Å²) in [7, 11) is -1.89. The van der Waals surface area contributed by atoms with Crippen LogP contribution in [0.5, 0.6) is 0 Å². The van der Waals surface area contributed by atoms with Crippen molar-refractivity contribution in [2.24, 2.45) is 5.92 Å². The molecule has 0 aromatic rings. The molecule has 1 heterocycles. The zero-order chi connectivity index (χ0) is 9.19. The van der Waals surface area contributed by atoms with Crippen LogP contribution in [0.2, 0.25) is 18.6 Å². The van der Waals surface area contributed by atoms with Gasteiger partial charge in [0.05, 0.1) is 0 Å². The molecule has 0 amide bonds. The van der Waals surface area contributed by atoms with E-state index in [0.29, 0.717) is 5.54 Å². The molecular formula is C9H21NOSi. The van der Waals surface area contributed by atoms with Crippen LogP contribution in [-0.2, 0) is 0 Å². The van der Waals surface area contributed by atoms with Gasteiger partial charge in [0.15, 0.2) is 8.32 Å². The van der Waals surface area contributed by atoms with Gasteiger partial charge in [0.25, 0.3) is 0 Å². The molecule has 1 fully saturated rings. The predicted molar refractivity (Wildman–Crippen MR) is 54.7 cm³/mol. The first kappa shape index (κ1) is 10.2. The molecule has 2 atom stereocenters. The van der Waals surface area contributed by atoms with Gasteiger partial charge in [-0.2, -0.15) is 0 Å². The van der Waals surface area contributed by atoms with E-state index in [1.807, 2.05) is 0 Å². The Hall–Kier alpha value is 0.137. The summed E-state index contributed by atoms with van der Waals surface area (Å²) in [5, 5.41) is 3.37. The Morgan fingerprint density at radius 3 is 2.58 bits per heavy atom. The molecule has 1 rings (SSSR count). The second-order valence-electron chi connectivity index (χ2n) is 4.42. The summed E-state index contributed by atoms with van der Waals surface area (Å²) >= 11 is 0. The van der Waals surface area contributed by atoms with E-state index in [1.165, 1.54) is 6.42 Å². The topological polar surface area (TPSA) is 32.3 Å². The molecule has 0 aromatic carbocycles. The maximum atomic E-state index is 10.0. The molecule has 2 unspecified atom stereocenters. The molecule has 0 spiro atoms. The average Bonchev–Trinajstić information content (AvgIpc) is 2.38. The van der Waals surface area contributed by atoms with Gasteiger partial charge in [0, 0.05) is 0 Å². The highest BCUT2D eigenvalue weighted by molar-refractivity contribution is 6.71. The maximum Gasteiger partial charge on any atom is 0.185 e. The minimum Gasteiger partial charge on any atom is -0.432 e. The Morgan fingerprint density at radius 1 is 1.58 bits per heavy atom. The predicted octanol–water partition coefficient (Wildman–Crippen LogP) is 1.57. The van der Waals surface area contributed by atoms with Gasteiger partial charge in [-0.1, -0.05) is 13.3 Å². The highest BCUT2D eigenvalue weighted by Gasteiger charge is 2.36. The fourth-order valence-corrected chi connectivity index (χ4v) is 4.87. The van der Waals surface area contributed by atoms with E-state index in [4.69, 9.17) is 0 Å². The van der Waals surface area contributed by atoms with E-state index in [0.717, 1.165) is 25.4 Å². The van der Waals surface area contributed by atoms with E-state index >= 15 is 0 Å². The third kappa shape index (κ3) is 2.31. The van der Waals surface area contributed by atoms with Crippen molar-refractivity contribution in [3.8, 4) is 0 Å². The third-order valence-corrected chi connectivity index (χ3v) is 5.71. The van der Waals surface area contributed by atoms with Gasteiger partial charge in [0.1, 0.15) is 0 Å². The second kappa shape index (κ2) is 3.90. The minimum atomic E-state index is -1.89. The fraction of sp³-hybridized carbons (Fsp3) is 1.00. The number of rotatable bonds is 3. The molecule has 0 aromatic heterocycles. The second-order valence-corrected chi connectivity index (χ2v) is 8.47. The van der Waals surface area contributed by atoms with Crippen LogP contribution < -0.4 is 5.32 Å². The van der Waals surface area contributed by atoms with Crippen LogP contribution in [0.3, 0.4) is 0 Å². The van der Waals surface area contributed by atoms with Crippen molar-refractivity contribution >= 4 is 8.32 Å². The molecule has 0 aliphatic carbocycles. The van der Waals surface area contributed by atoms with Crippen molar-refractivity contribution in [2.45, 2.75) is 38.4 Å². The smallest absolute Gasteiger partial charge is 0.185 e. The maximum absolute atomic E-state index is 10.0. The van der Waals surface area contributed by atoms with Crippen molar-refractivity contribution in [3.05, 3.63) is 0 Å². The first-order valence-corrected chi connectivity index (χ1v) is 8.01. The van der Waals surface area contributed by atoms with Crippen LogP contribution >= 0.6 is 0 Å². The molecule has 1 saturated heterocycles. The van der Waals surface area contributed by atoms with Gasteiger partial charge in [-0.25, -0.2) is 0 Å². The lowest BCUT2D eigenvalue weighted by atomic mass is 10.0. The van der Waals surface area contributed by atoms with Crippen molar-refractivity contribution in [1.82, 2.24) is 5.32 Å². The number of hydrogen-bond acceptors (Lipinski definition) is 2. The lowest BCUT2D eigenvalue weighted by Crippen LogP contribution is -2.37. The van der Waals surface area contributed by atoms with Gasteiger partial charge in [-0.15, -0.1) is 0 Å². The average molecular weight is 187 g/mol. The SMILES string of the molecule is CCC(C1CCNC1)[Si](C)(C)O. The standard InChI is InChI=1S/C9H21NOSi/c1-4-9(12(2,3)11)8-5-6-10-7-8/h8-11H,4-7H2,1-3H3. The molecule has 1 aliphatic rings. The first-order chi connectivity index (χ1) is 5.55. The lowest BCUT2D eigenvalue weighted by Gasteiger charge is -2.30. The molecule has 0 radical (unpaired) electrons. The van der Waals surface area contributed by atoms with E-state index in [1.54, 1.807) is 0 Å². The Balaban J connectivity index is 2.54. The van der Waals surface area contributed by atoms with E-state index < -0.39 is 8.32 Å². The Kier molecular flexibility index (Phi) is 3.32. The minimum absolute atomic E-state index is 0.590. The van der Waals surface area contributed by atoms with E-state index in [2.05, 4.69) is 25.3 Å². The molecule has 0 bridgehead atoms. The summed E-state index contributed by atoms with van der Waals surface area (Å²) in [6, 6.07) is 0. The van der Waals surface area contributed by atoms with Crippen molar-refractivity contribution < 1.29 is 4.80 Å². The number of nitrogens with one attached hydrogen (secondary N) is 1. The molecule has 0 saturated carbocycles. The summed E-state index contributed by atoms with van der Waals surface area (Å²) in [5.41, 5.74) is 0.590. The Labute approximate surface area is 76.5 Å². The largest absolute Gasteiger partial charge is 0.432 e. The fourth-order valence-electron chi connectivity index (χ4n) is 2.43. The van der Waals surface area contributed by atoms with Gasteiger partial charge >= 0.3 is 0 Å². The highest BCUT2D eigenvalue weighted by Crippen LogP contribution is 2.34. The first-order valence-electron chi connectivity index (χ1n) is 4.98. The summed E-state index contributed by atoms with van der Waals surface area (Å²) in [5.74, 6) is 0.738. The monoisotopic (exact) mass is 187 g/mol. The van der Waals surface area contributed by atoms with Crippen LogP contribution in [-0.4, -0.2) is 26.2 Å². The number of hydrogen-bond donors (Lipinski definition) is 2. The summed E-state index contributed by atoms with van der Waals surface area (Å²) in [4.78, 5) is 10.0. The highest BCUT2D eigenvalue weighted by atomic mass is 28.4. The zero-order valence-electron chi connectivity index (χ0n) is 8.43. The van der Waals surface area contributed by atoms with Crippen LogP contribution in [0.15, 0.2) is 0 Å². The zero-order valence-corrected chi connectivity index (χ0v) is 9.43. The molecule has 3 heteroatoms. The van der Waals surface area contributed by atoms with Crippen molar-refractivity contribution in [2.75, 3.05) is 13.1 Å². The normalized spacial score (nSPS) is 27.5. The van der Waals surface area contributed by atoms with E-state index in [9.17, 15) is 4.80 Å². The summed E-state index contributed by atoms with van der Waals surface area (Å²) in [6.07, 6.45) is 2.40. The molecule has 2 nitrogen and oxygen atoms in total.